The van der Waals surface area contributed by atoms with Gasteiger partial charge in [-0.25, -0.2) is 36.3 Å². The highest BCUT2D eigenvalue weighted by Crippen LogP contribution is 2.31. The van der Waals surface area contributed by atoms with E-state index in [1.807, 2.05) is 12.1 Å². The number of amides is 1. The fourth-order valence-electron chi connectivity index (χ4n) is 4.33. The van der Waals surface area contributed by atoms with Crippen molar-refractivity contribution in [3.63, 3.8) is 0 Å². The zero-order valence-corrected chi connectivity index (χ0v) is 20.7. The van der Waals surface area contributed by atoms with Crippen molar-refractivity contribution < 1.29 is 31.1 Å². The largest absolute Gasteiger partial charge is 0.373 e. The van der Waals surface area contributed by atoms with Crippen LogP contribution in [0.5, 0.6) is 0 Å². The van der Waals surface area contributed by atoms with Crippen molar-refractivity contribution >= 4 is 28.3 Å². The first-order valence-corrected chi connectivity index (χ1v) is 11.8. The monoisotopic (exact) mass is 552 g/mol. The average Bonchev–Trinajstić information content (AvgIpc) is 2.97. The van der Waals surface area contributed by atoms with Gasteiger partial charge in [0, 0.05) is 12.4 Å². The summed E-state index contributed by atoms with van der Waals surface area (Å²) >= 11 is 0. The van der Waals surface area contributed by atoms with E-state index >= 15 is 0 Å². The lowest BCUT2D eigenvalue weighted by molar-refractivity contribution is 0.0972. The second kappa shape index (κ2) is 10.7. The molecule has 1 N–H and O–H groups in total. The van der Waals surface area contributed by atoms with Crippen LogP contribution in [-0.2, 0) is 6.54 Å². The Bertz CT molecular complexity index is 1750. The molecule has 11 heteroatoms. The van der Waals surface area contributed by atoms with E-state index in [1.165, 1.54) is 18.5 Å². The molecule has 1 aromatic heterocycles. The van der Waals surface area contributed by atoms with Crippen LogP contribution in [0.3, 0.4) is 0 Å². The van der Waals surface area contributed by atoms with Gasteiger partial charge in [0.05, 0.1) is 17.7 Å². The number of aromatic nitrogens is 2. The summed E-state index contributed by atoms with van der Waals surface area (Å²) in [4.78, 5) is 22.4. The number of fused-ring (bicyclic) bond motifs is 1. The highest BCUT2D eigenvalue weighted by molar-refractivity contribution is 6.06. The minimum absolute atomic E-state index is 0.385. The van der Waals surface area contributed by atoms with Crippen molar-refractivity contribution in [1.82, 2.24) is 9.97 Å². The van der Waals surface area contributed by atoms with E-state index in [0.29, 0.717) is 27.4 Å². The molecular formula is C29H18F6N4O. The van der Waals surface area contributed by atoms with Crippen LogP contribution in [0.2, 0.25) is 0 Å². The third kappa shape index (κ3) is 4.70. The van der Waals surface area contributed by atoms with E-state index in [-0.39, 0.29) is 0 Å². The fraction of sp³-hybridized carbons (Fsp3) is 0.0690. The van der Waals surface area contributed by atoms with E-state index in [1.54, 1.807) is 37.4 Å². The van der Waals surface area contributed by atoms with Crippen molar-refractivity contribution in [3.8, 4) is 11.1 Å². The lowest BCUT2D eigenvalue weighted by atomic mass is 10.0. The van der Waals surface area contributed by atoms with Crippen molar-refractivity contribution in [2.75, 3.05) is 17.3 Å². The maximum absolute atomic E-state index is 14.8. The molecule has 0 unspecified atom stereocenters. The van der Waals surface area contributed by atoms with Gasteiger partial charge in [-0.1, -0.05) is 36.4 Å². The second-order valence-electron chi connectivity index (χ2n) is 8.69. The van der Waals surface area contributed by atoms with Crippen LogP contribution in [0.25, 0.3) is 22.0 Å². The van der Waals surface area contributed by atoms with Gasteiger partial charge in [-0.2, -0.15) is 0 Å². The van der Waals surface area contributed by atoms with Gasteiger partial charge in [-0.05, 0) is 47.0 Å². The quantitative estimate of drug-likeness (QED) is 0.140. The molecule has 0 aliphatic rings. The highest BCUT2D eigenvalue weighted by Gasteiger charge is 2.33. The molecule has 1 amide bonds. The Morgan fingerprint density at radius 1 is 0.775 bits per heavy atom. The van der Waals surface area contributed by atoms with Crippen LogP contribution in [0.15, 0.2) is 73.1 Å². The molecule has 0 radical (unpaired) electrons. The van der Waals surface area contributed by atoms with Crippen LogP contribution < -0.4 is 10.2 Å². The van der Waals surface area contributed by atoms with Gasteiger partial charge in [-0.3, -0.25) is 4.79 Å². The molecule has 0 fully saturated rings. The molecule has 0 aliphatic heterocycles. The van der Waals surface area contributed by atoms with Gasteiger partial charge in [0.1, 0.15) is 23.5 Å². The topological polar surface area (TPSA) is 58.1 Å². The molecule has 1 heterocycles. The van der Waals surface area contributed by atoms with Gasteiger partial charge in [0.2, 0.25) is 5.82 Å². The van der Waals surface area contributed by atoms with Crippen LogP contribution >= 0.6 is 0 Å². The molecule has 5 nitrogen and oxygen atoms in total. The fourth-order valence-corrected chi connectivity index (χ4v) is 4.33. The maximum Gasteiger partial charge on any atom is 0.264 e. The SMILES string of the molecule is CNc1ncnc2ccc(-c3cccc(CN(C(=O)c4c(F)c(F)c(F)c(F)c4F)c4ccccc4F)c3)cc12. The van der Waals surface area contributed by atoms with Gasteiger partial charge in [-0.15, -0.1) is 0 Å². The van der Waals surface area contributed by atoms with Crippen LogP contribution in [0.4, 0.5) is 37.8 Å². The minimum Gasteiger partial charge on any atom is -0.373 e. The number of hydrogen-bond donors (Lipinski definition) is 1. The number of carbonyl (C=O) groups is 1. The lowest BCUT2D eigenvalue weighted by Gasteiger charge is -2.24. The third-order valence-electron chi connectivity index (χ3n) is 6.29. The number of anilines is 2. The smallest absolute Gasteiger partial charge is 0.264 e. The van der Waals surface area contributed by atoms with E-state index < -0.39 is 58.6 Å². The van der Waals surface area contributed by atoms with Crippen LogP contribution in [-0.4, -0.2) is 22.9 Å². The molecule has 202 valence electrons. The van der Waals surface area contributed by atoms with Crippen LogP contribution in [0.1, 0.15) is 15.9 Å². The third-order valence-corrected chi connectivity index (χ3v) is 6.29. The van der Waals surface area contributed by atoms with E-state index in [4.69, 9.17) is 0 Å². The number of para-hydroxylation sites is 1. The molecule has 5 aromatic rings. The first-order chi connectivity index (χ1) is 19.2. The summed E-state index contributed by atoms with van der Waals surface area (Å²) in [6, 6.07) is 16.9. The molecule has 4 aromatic carbocycles. The maximum atomic E-state index is 14.8. The molecule has 0 saturated carbocycles. The molecule has 0 saturated heterocycles. The summed E-state index contributed by atoms with van der Waals surface area (Å²) in [5.74, 6) is -13.5. The predicted octanol–water partition coefficient (Wildman–Crippen LogP) is 7.02. The molecule has 5 rings (SSSR count). The number of rotatable bonds is 6. The van der Waals surface area contributed by atoms with Crippen molar-refractivity contribution in [2.45, 2.75) is 6.54 Å². The standard InChI is InChI=1S/C29H18F6N4O/c1-36-28-18-12-17(9-10-20(18)37-14-38-28)16-6-4-5-15(11-16)13-39(21-8-3-2-7-19(21)30)29(40)22-23(31)25(33)27(35)26(34)24(22)32/h2-12,14H,13H2,1H3,(H,36,37,38). The molecule has 40 heavy (non-hydrogen) atoms. The second-order valence-corrected chi connectivity index (χ2v) is 8.69. The van der Waals surface area contributed by atoms with Gasteiger partial charge >= 0.3 is 0 Å². The number of nitrogens with zero attached hydrogens (tertiary/aromatic N) is 3. The number of hydrogen-bond acceptors (Lipinski definition) is 4. The number of halogens is 6. The molecule has 0 aliphatic carbocycles. The molecule has 0 bridgehead atoms. The Morgan fingerprint density at radius 2 is 1.45 bits per heavy atom. The Hall–Kier alpha value is -4.93. The number of carbonyl (C=O) groups excluding carboxylic acids is 1. The van der Waals surface area contributed by atoms with Crippen molar-refractivity contribution in [1.29, 1.82) is 0 Å². The summed E-state index contributed by atoms with van der Waals surface area (Å²) in [6.07, 6.45) is 1.42. The van der Waals surface area contributed by atoms with Gasteiger partial charge < -0.3 is 10.2 Å². The van der Waals surface area contributed by atoms with E-state index in [9.17, 15) is 31.1 Å². The summed E-state index contributed by atoms with van der Waals surface area (Å²) in [6.45, 7) is -0.453. The Balaban J connectivity index is 1.59. The summed E-state index contributed by atoms with van der Waals surface area (Å²) in [5, 5.41) is 3.73. The summed E-state index contributed by atoms with van der Waals surface area (Å²) < 4.78 is 85.4. The molecular weight excluding hydrogens is 534 g/mol. The van der Waals surface area contributed by atoms with Crippen LogP contribution in [0, 0.1) is 34.9 Å². The first-order valence-electron chi connectivity index (χ1n) is 11.8. The Labute approximate surface area is 223 Å². The molecule has 0 spiro atoms. The Morgan fingerprint density at radius 3 is 2.15 bits per heavy atom. The Kier molecular flexibility index (Phi) is 7.12. The summed E-state index contributed by atoms with van der Waals surface area (Å²) in [5.41, 5.74) is 0.384. The van der Waals surface area contributed by atoms with Gasteiger partial charge in [0.15, 0.2) is 23.3 Å². The average molecular weight is 552 g/mol. The molecule has 0 atom stereocenters. The highest BCUT2D eigenvalue weighted by atomic mass is 19.2. The van der Waals surface area contributed by atoms with Crippen molar-refractivity contribution in [3.05, 3.63) is 119 Å². The zero-order valence-electron chi connectivity index (χ0n) is 20.7. The summed E-state index contributed by atoms with van der Waals surface area (Å²) in [7, 11) is 1.72. The minimum atomic E-state index is -2.40. The van der Waals surface area contributed by atoms with E-state index in [0.717, 1.165) is 23.1 Å². The zero-order chi connectivity index (χ0) is 28.6. The van der Waals surface area contributed by atoms with Crippen molar-refractivity contribution in [2.24, 2.45) is 0 Å². The number of benzene rings is 4. The lowest BCUT2D eigenvalue weighted by Crippen LogP contribution is -2.33. The van der Waals surface area contributed by atoms with Gasteiger partial charge in [0.25, 0.3) is 5.91 Å². The van der Waals surface area contributed by atoms with E-state index in [2.05, 4.69) is 15.3 Å². The number of nitrogens with one attached hydrogen (secondary N) is 1. The normalized spacial score (nSPS) is 11.1. The first kappa shape index (κ1) is 26.7. The predicted molar refractivity (Wildman–Crippen MR) is 138 cm³/mol.